The molecule has 1 atom stereocenters. The quantitative estimate of drug-likeness (QED) is 0.736. The number of anilines is 1. The summed E-state index contributed by atoms with van der Waals surface area (Å²) in [6, 6.07) is 1.66. The van der Waals surface area contributed by atoms with E-state index in [1.807, 2.05) is 25.9 Å². The van der Waals surface area contributed by atoms with Crippen molar-refractivity contribution in [2.24, 2.45) is 0 Å². The Morgan fingerprint density at radius 2 is 2.22 bits per heavy atom. The smallest absolute Gasteiger partial charge is 0.261 e. The van der Waals surface area contributed by atoms with Gasteiger partial charge < -0.3 is 21.1 Å². The zero-order valence-electron chi connectivity index (χ0n) is 11.3. The second-order valence-corrected chi connectivity index (χ2v) is 6.30. The zero-order valence-corrected chi connectivity index (χ0v) is 12.1. The van der Waals surface area contributed by atoms with Gasteiger partial charge in [-0.3, -0.25) is 4.79 Å². The summed E-state index contributed by atoms with van der Waals surface area (Å²) in [5, 5.41) is 12.8. The summed E-state index contributed by atoms with van der Waals surface area (Å²) in [4.78, 5) is 15.2. The minimum absolute atomic E-state index is 0.196. The van der Waals surface area contributed by atoms with Crippen LogP contribution in [-0.2, 0) is 0 Å². The molecule has 0 aliphatic carbocycles. The minimum Gasteiger partial charge on any atom is -0.398 e. The molecule has 0 radical (unpaired) electrons. The Bertz CT molecular complexity index is 407. The molecule has 4 N–H and O–H groups in total. The van der Waals surface area contributed by atoms with Gasteiger partial charge in [-0.15, -0.1) is 11.3 Å². The number of aliphatic hydroxyl groups is 1. The maximum atomic E-state index is 11.9. The molecule has 0 saturated carbocycles. The number of rotatable bonds is 5. The monoisotopic (exact) mass is 271 g/mol. The van der Waals surface area contributed by atoms with E-state index in [2.05, 4.69) is 5.32 Å². The predicted octanol–water partition coefficient (Wildman–Crippen LogP) is 0.681. The van der Waals surface area contributed by atoms with Crippen molar-refractivity contribution in [2.75, 3.05) is 32.9 Å². The third-order valence-corrected chi connectivity index (χ3v) is 3.53. The summed E-state index contributed by atoms with van der Waals surface area (Å²) in [6.45, 7) is 4.26. The van der Waals surface area contributed by atoms with Crippen molar-refractivity contribution in [1.29, 1.82) is 0 Å². The van der Waals surface area contributed by atoms with Crippen molar-refractivity contribution in [2.45, 2.75) is 19.4 Å². The van der Waals surface area contributed by atoms with Crippen LogP contribution >= 0.6 is 11.3 Å². The number of nitrogen functional groups attached to an aromatic ring is 1. The number of nitrogens with zero attached hydrogens (tertiary/aromatic N) is 1. The third kappa shape index (κ3) is 4.29. The molecule has 0 fully saturated rings. The van der Waals surface area contributed by atoms with Gasteiger partial charge >= 0.3 is 0 Å². The van der Waals surface area contributed by atoms with Gasteiger partial charge in [-0.1, -0.05) is 0 Å². The van der Waals surface area contributed by atoms with Crippen LogP contribution in [0.2, 0.25) is 0 Å². The largest absolute Gasteiger partial charge is 0.398 e. The van der Waals surface area contributed by atoms with Crippen LogP contribution in [-0.4, -0.2) is 48.7 Å². The van der Waals surface area contributed by atoms with E-state index < -0.39 is 5.60 Å². The van der Waals surface area contributed by atoms with Crippen LogP contribution in [0.25, 0.3) is 0 Å². The van der Waals surface area contributed by atoms with Gasteiger partial charge in [-0.2, -0.15) is 0 Å². The minimum atomic E-state index is -0.947. The second-order valence-electron chi connectivity index (χ2n) is 5.04. The summed E-state index contributed by atoms with van der Waals surface area (Å²) >= 11 is 1.36. The van der Waals surface area contributed by atoms with E-state index in [-0.39, 0.29) is 12.5 Å². The molecule has 6 heteroatoms. The Hall–Kier alpha value is -1.11. The number of hydrogen-bond acceptors (Lipinski definition) is 5. The van der Waals surface area contributed by atoms with Gasteiger partial charge in [0.25, 0.3) is 5.91 Å². The van der Waals surface area contributed by atoms with Crippen molar-refractivity contribution in [3.8, 4) is 0 Å². The summed E-state index contributed by atoms with van der Waals surface area (Å²) in [5.41, 5.74) is 5.38. The number of carbonyl (C=O) groups excluding carboxylic acids is 1. The number of amides is 1. The van der Waals surface area contributed by atoms with Gasteiger partial charge in [-0.25, -0.2) is 0 Å². The number of likely N-dealkylation sites (N-methyl/N-ethyl adjacent to an activating group) is 1. The van der Waals surface area contributed by atoms with Crippen molar-refractivity contribution in [3.63, 3.8) is 0 Å². The highest BCUT2D eigenvalue weighted by Gasteiger charge is 2.22. The normalized spacial score (nSPS) is 14.6. The fourth-order valence-corrected chi connectivity index (χ4v) is 2.56. The average molecular weight is 271 g/mol. The van der Waals surface area contributed by atoms with Crippen LogP contribution in [0.4, 0.5) is 5.69 Å². The van der Waals surface area contributed by atoms with Gasteiger partial charge in [-0.05, 0) is 34.0 Å². The number of nitrogens with one attached hydrogen (secondary N) is 1. The number of thiophene rings is 1. The molecule has 0 bridgehead atoms. The molecule has 5 nitrogen and oxygen atoms in total. The maximum Gasteiger partial charge on any atom is 0.261 e. The molecule has 1 rings (SSSR count). The first kappa shape index (κ1) is 14.9. The highest BCUT2D eigenvalue weighted by molar-refractivity contribution is 7.14. The van der Waals surface area contributed by atoms with E-state index >= 15 is 0 Å². The van der Waals surface area contributed by atoms with E-state index in [4.69, 9.17) is 5.73 Å². The molecule has 1 heterocycles. The number of carbonyl (C=O) groups is 1. The van der Waals surface area contributed by atoms with Crippen LogP contribution < -0.4 is 11.1 Å². The Morgan fingerprint density at radius 3 is 2.67 bits per heavy atom. The molecular formula is C12H21N3O2S. The molecule has 102 valence electrons. The van der Waals surface area contributed by atoms with Crippen molar-refractivity contribution in [3.05, 3.63) is 15.8 Å². The summed E-state index contributed by atoms with van der Waals surface area (Å²) < 4.78 is 0. The molecule has 18 heavy (non-hydrogen) atoms. The highest BCUT2D eigenvalue weighted by atomic mass is 32.1. The first-order chi connectivity index (χ1) is 8.21. The first-order valence-electron chi connectivity index (χ1n) is 5.72. The zero-order chi connectivity index (χ0) is 13.9. The number of nitrogens with two attached hydrogens (primary N) is 1. The molecule has 0 aliphatic rings. The summed E-state index contributed by atoms with van der Waals surface area (Å²) in [5.74, 6) is -0.196. The Morgan fingerprint density at radius 1 is 1.61 bits per heavy atom. The topological polar surface area (TPSA) is 78.6 Å². The molecule has 0 saturated heterocycles. The van der Waals surface area contributed by atoms with Gasteiger partial charge in [0.1, 0.15) is 0 Å². The number of hydrogen-bond donors (Lipinski definition) is 3. The van der Waals surface area contributed by atoms with Gasteiger partial charge in [0.05, 0.1) is 10.5 Å². The summed E-state index contributed by atoms with van der Waals surface area (Å²) in [7, 11) is 3.75. The average Bonchev–Trinajstić information content (AvgIpc) is 2.54. The Labute approximate surface area is 112 Å². The molecule has 0 aliphatic heterocycles. The second kappa shape index (κ2) is 5.69. The van der Waals surface area contributed by atoms with Crippen LogP contribution in [0.1, 0.15) is 21.5 Å². The molecular weight excluding hydrogens is 250 g/mol. The standard InChI is InChI=1S/C12H21N3O2S/c1-8-9(13)5-10(18-8)11(16)14-6-12(2,17)7-15(3)4/h5,17H,6-7,13H2,1-4H3,(H,14,16). The van der Waals surface area contributed by atoms with Crippen molar-refractivity contribution >= 4 is 22.9 Å². The lowest BCUT2D eigenvalue weighted by Gasteiger charge is -2.26. The highest BCUT2D eigenvalue weighted by Crippen LogP contribution is 2.23. The number of aryl methyl sites for hydroxylation is 1. The van der Waals surface area contributed by atoms with Gasteiger partial charge in [0, 0.05) is 23.7 Å². The van der Waals surface area contributed by atoms with Crippen molar-refractivity contribution < 1.29 is 9.90 Å². The van der Waals surface area contributed by atoms with E-state index in [0.717, 1.165) is 4.88 Å². The van der Waals surface area contributed by atoms with Crippen LogP contribution in [0.15, 0.2) is 6.07 Å². The van der Waals surface area contributed by atoms with Gasteiger partial charge in [0.2, 0.25) is 0 Å². The maximum absolute atomic E-state index is 11.9. The molecule has 1 aromatic rings. The lowest BCUT2D eigenvalue weighted by Crippen LogP contribution is -2.47. The lowest BCUT2D eigenvalue weighted by molar-refractivity contribution is 0.0326. The fraction of sp³-hybridized carbons (Fsp3) is 0.583. The Balaban J connectivity index is 2.56. The first-order valence-corrected chi connectivity index (χ1v) is 6.54. The van der Waals surface area contributed by atoms with E-state index in [0.29, 0.717) is 17.1 Å². The molecule has 0 aromatic carbocycles. The molecule has 1 amide bonds. The molecule has 0 spiro atoms. The van der Waals surface area contributed by atoms with Crippen LogP contribution in [0.5, 0.6) is 0 Å². The predicted molar refractivity (Wildman–Crippen MR) is 75.0 cm³/mol. The molecule has 1 aromatic heterocycles. The van der Waals surface area contributed by atoms with Crippen molar-refractivity contribution in [1.82, 2.24) is 10.2 Å². The van der Waals surface area contributed by atoms with E-state index in [1.165, 1.54) is 11.3 Å². The lowest BCUT2D eigenvalue weighted by atomic mass is 10.1. The Kier molecular flexibility index (Phi) is 4.72. The van der Waals surface area contributed by atoms with E-state index in [9.17, 15) is 9.90 Å². The van der Waals surface area contributed by atoms with Gasteiger partial charge in [0.15, 0.2) is 0 Å². The van der Waals surface area contributed by atoms with Crippen LogP contribution in [0.3, 0.4) is 0 Å². The SMILES string of the molecule is Cc1sc(C(=O)NCC(C)(O)CN(C)C)cc1N. The third-order valence-electron chi connectivity index (χ3n) is 2.47. The van der Waals surface area contributed by atoms with E-state index in [1.54, 1.807) is 13.0 Å². The fourth-order valence-electron chi connectivity index (χ4n) is 1.70. The summed E-state index contributed by atoms with van der Waals surface area (Å²) in [6.07, 6.45) is 0. The molecule has 1 unspecified atom stereocenters. The van der Waals surface area contributed by atoms with Crippen LogP contribution in [0, 0.1) is 6.92 Å².